The molecule has 0 fully saturated rings. The Labute approximate surface area is 97.6 Å². The van der Waals surface area contributed by atoms with E-state index in [1.54, 1.807) is 11.8 Å². The Hall–Kier alpha value is -0.220. The number of carbonyl (C=O) groups is 1. The van der Waals surface area contributed by atoms with Crippen LogP contribution >= 0.6 is 11.8 Å². The summed E-state index contributed by atoms with van der Waals surface area (Å²) in [5.74, 6) is 0.591. The molecule has 3 N–H and O–H groups in total. The van der Waals surface area contributed by atoms with Gasteiger partial charge in [0.05, 0.1) is 5.92 Å². The van der Waals surface area contributed by atoms with E-state index in [1.165, 1.54) is 0 Å². The van der Waals surface area contributed by atoms with Crippen molar-refractivity contribution < 1.29 is 4.79 Å². The van der Waals surface area contributed by atoms with Gasteiger partial charge in [0, 0.05) is 18.3 Å². The molecule has 0 heterocycles. The van der Waals surface area contributed by atoms with Crippen LogP contribution in [-0.4, -0.2) is 30.5 Å². The van der Waals surface area contributed by atoms with Gasteiger partial charge in [0.1, 0.15) is 0 Å². The van der Waals surface area contributed by atoms with Crippen LogP contribution in [0.4, 0.5) is 0 Å². The molecule has 0 saturated heterocycles. The summed E-state index contributed by atoms with van der Waals surface area (Å²) in [7, 11) is 0. The highest BCUT2D eigenvalue weighted by atomic mass is 32.2. The van der Waals surface area contributed by atoms with Crippen LogP contribution in [0.3, 0.4) is 0 Å². The smallest absolute Gasteiger partial charge is 0.224 e. The minimum atomic E-state index is -0.0287. The Bertz CT molecular complexity index is 185. The largest absolute Gasteiger partial charge is 0.355 e. The zero-order valence-corrected chi connectivity index (χ0v) is 11.1. The fraction of sp³-hybridized carbons (Fsp3) is 0.909. The van der Waals surface area contributed by atoms with E-state index < -0.39 is 0 Å². The quantitative estimate of drug-likeness (QED) is 0.699. The van der Waals surface area contributed by atoms with Crippen molar-refractivity contribution in [1.82, 2.24) is 5.32 Å². The van der Waals surface area contributed by atoms with Gasteiger partial charge in [-0.3, -0.25) is 4.79 Å². The lowest BCUT2D eigenvalue weighted by atomic mass is 9.96. The maximum absolute atomic E-state index is 11.7. The molecule has 0 aromatic heterocycles. The third-order valence-electron chi connectivity index (χ3n) is 2.38. The third-order valence-corrected chi connectivity index (χ3v) is 3.35. The van der Waals surface area contributed by atoms with Gasteiger partial charge in [-0.05, 0) is 18.6 Å². The van der Waals surface area contributed by atoms with E-state index in [2.05, 4.69) is 26.1 Å². The molecule has 0 aliphatic rings. The monoisotopic (exact) mass is 232 g/mol. The summed E-state index contributed by atoms with van der Waals surface area (Å²) in [4.78, 5) is 11.7. The molecule has 0 aliphatic carbocycles. The van der Waals surface area contributed by atoms with Crippen molar-refractivity contribution >= 4 is 17.7 Å². The molecule has 0 aromatic rings. The molecule has 15 heavy (non-hydrogen) atoms. The molecule has 0 aliphatic heterocycles. The van der Waals surface area contributed by atoms with E-state index >= 15 is 0 Å². The number of rotatable bonds is 7. The van der Waals surface area contributed by atoms with Crippen molar-refractivity contribution in [2.24, 2.45) is 17.6 Å². The van der Waals surface area contributed by atoms with Crippen molar-refractivity contribution in [2.75, 3.05) is 19.3 Å². The normalized spacial score (nSPS) is 15.1. The summed E-state index contributed by atoms with van der Waals surface area (Å²) in [5, 5.41) is 3.41. The van der Waals surface area contributed by atoms with Gasteiger partial charge >= 0.3 is 0 Å². The van der Waals surface area contributed by atoms with Crippen molar-refractivity contribution in [3.63, 3.8) is 0 Å². The molecule has 1 amide bonds. The summed E-state index contributed by atoms with van der Waals surface area (Å²) < 4.78 is 0. The highest BCUT2D eigenvalue weighted by molar-refractivity contribution is 7.99. The standard InChI is InChI=1S/C11H24N2OS/c1-8(2)5-10(6-12)11(14)13-7-9(3)15-4/h8-10H,5-7,12H2,1-4H3,(H,13,14). The Kier molecular flexibility index (Phi) is 7.88. The SMILES string of the molecule is CSC(C)CNC(=O)C(CN)CC(C)C. The molecule has 0 saturated carbocycles. The first-order chi connectivity index (χ1) is 7.01. The van der Waals surface area contributed by atoms with Gasteiger partial charge in [-0.25, -0.2) is 0 Å². The van der Waals surface area contributed by atoms with Crippen LogP contribution in [0, 0.1) is 11.8 Å². The summed E-state index contributed by atoms with van der Waals surface area (Å²) in [6.07, 6.45) is 2.92. The Morgan fingerprint density at radius 3 is 2.40 bits per heavy atom. The van der Waals surface area contributed by atoms with E-state index in [4.69, 9.17) is 5.73 Å². The van der Waals surface area contributed by atoms with Crippen molar-refractivity contribution in [3.8, 4) is 0 Å². The molecule has 90 valence electrons. The summed E-state index contributed by atoms with van der Waals surface area (Å²) in [6.45, 7) is 7.50. The first kappa shape index (κ1) is 14.8. The highest BCUT2D eigenvalue weighted by Gasteiger charge is 2.18. The molecular weight excluding hydrogens is 208 g/mol. The number of hydrogen-bond acceptors (Lipinski definition) is 3. The molecule has 3 nitrogen and oxygen atoms in total. The van der Waals surface area contributed by atoms with E-state index in [0.717, 1.165) is 13.0 Å². The summed E-state index contributed by atoms with van der Waals surface area (Å²) in [5.41, 5.74) is 5.59. The lowest BCUT2D eigenvalue weighted by Gasteiger charge is -2.18. The van der Waals surface area contributed by atoms with Gasteiger partial charge in [-0.1, -0.05) is 20.8 Å². The van der Waals surface area contributed by atoms with Crippen LogP contribution in [-0.2, 0) is 4.79 Å². The first-order valence-electron chi connectivity index (χ1n) is 5.51. The van der Waals surface area contributed by atoms with Crippen molar-refractivity contribution in [2.45, 2.75) is 32.4 Å². The van der Waals surface area contributed by atoms with Crippen LogP contribution in [0.5, 0.6) is 0 Å². The Morgan fingerprint density at radius 1 is 1.40 bits per heavy atom. The van der Waals surface area contributed by atoms with E-state index in [1.807, 2.05) is 6.26 Å². The van der Waals surface area contributed by atoms with Gasteiger partial charge < -0.3 is 11.1 Å². The van der Waals surface area contributed by atoms with Crippen LogP contribution in [0.15, 0.2) is 0 Å². The number of thioether (sulfide) groups is 1. The lowest BCUT2D eigenvalue weighted by Crippen LogP contribution is -2.38. The molecule has 2 atom stereocenters. The van der Waals surface area contributed by atoms with Crippen molar-refractivity contribution in [3.05, 3.63) is 0 Å². The minimum Gasteiger partial charge on any atom is -0.355 e. The highest BCUT2D eigenvalue weighted by Crippen LogP contribution is 2.11. The molecule has 2 unspecified atom stereocenters. The Balaban J connectivity index is 3.93. The zero-order valence-electron chi connectivity index (χ0n) is 10.2. The predicted molar refractivity (Wildman–Crippen MR) is 68.0 cm³/mol. The summed E-state index contributed by atoms with van der Waals surface area (Å²) >= 11 is 1.75. The number of carbonyl (C=O) groups excluding carboxylic acids is 1. The topological polar surface area (TPSA) is 55.1 Å². The van der Waals surface area contributed by atoms with Crippen molar-refractivity contribution in [1.29, 1.82) is 0 Å². The van der Waals surface area contributed by atoms with Crippen LogP contribution in [0.2, 0.25) is 0 Å². The molecule has 0 bridgehead atoms. The van der Waals surface area contributed by atoms with E-state index in [0.29, 0.717) is 17.7 Å². The molecule has 0 radical (unpaired) electrons. The van der Waals surface area contributed by atoms with Gasteiger partial charge in [-0.2, -0.15) is 11.8 Å². The van der Waals surface area contributed by atoms with Gasteiger partial charge in [0.15, 0.2) is 0 Å². The van der Waals surface area contributed by atoms with E-state index in [9.17, 15) is 4.79 Å². The van der Waals surface area contributed by atoms with E-state index in [-0.39, 0.29) is 11.8 Å². The molecule has 4 heteroatoms. The van der Waals surface area contributed by atoms with Gasteiger partial charge in [0.2, 0.25) is 5.91 Å². The molecule has 0 spiro atoms. The average molecular weight is 232 g/mol. The van der Waals surface area contributed by atoms with Crippen LogP contribution in [0.25, 0.3) is 0 Å². The maximum Gasteiger partial charge on any atom is 0.224 e. The summed E-state index contributed by atoms with van der Waals surface area (Å²) in [6, 6.07) is 0. The Morgan fingerprint density at radius 2 is 2.00 bits per heavy atom. The van der Waals surface area contributed by atoms with Gasteiger partial charge in [-0.15, -0.1) is 0 Å². The van der Waals surface area contributed by atoms with Crippen LogP contribution < -0.4 is 11.1 Å². The molecule has 0 aromatic carbocycles. The fourth-order valence-electron chi connectivity index (χ4n) is 1.35. The zero-order chi connectivity index (χ0) is 11.8. The second kappa shape index (κ2) is 7.99. The second-order valence-electron chi connectivity index (χ2n) is 4.35. The number of nitrogens with two attached hydrogens (primary N) is 1. The number of nitrogens with one attached hydrogen (secondary N) is 1. The molecular formula is C11H24N2OS. The van der Waals surface area contributed by atoms with Crippen LogP contribution in [0.1, 0.15) is 27.2 Å². The second-order valence-corrected chi connectivity index (χ2v) is 5.63. The number of hydrogen-bond donors (Lipinski definition) is 2. The molecule has 0 rings (SSSR count). The van der Waals surface area contributed by atoms with Gasteiger partial charge in [0.25, 0.3) is 0 Å². The minimum absolute atomic E-state index is 0.0287. The lowest BCUT2D eigenvalue weighted by molar-refractivity contribution is -0.125. The maximum atomic E-state index is 11.7. The number of amides is 1. The predicted octanol–water partition coefficient (Wildman–Crippen LogP) is 1.48. The first-order valence-corrected chi connectivity index (χ1v) is 6.80. The average Bonchev–Trinajstić information content (AvgIpc) is 2.21. The fourth-order valence-corrected chi connectivity index (χ4v) is 1.60. The third kappa shape index (κ3) is 6.79.